The molecule has 13 heteroatoms. The summed E-state index contributed by atoms with van der Waals surface area (Å²) in [6, 6.07) is -1.07. The Kier molecular flexibility index (Phi) is 16.1. The molecule has 0 spiro atoms. The molecule has 0 bridgehead atoms. The van der Waals surface area contributed by atoms with Crippen molar-refractivity contribution in [2.24, 2.45) is 4.99 Å². The van der Waals surface area contributed by atoms with Gasteiger partial charge in [0, 0.05) is 11.6 Å². The number of ether oxygens (including phenoxy) is 5. The van der Waals surface area contributed by atoms with E-state index in [-0.39, 0.29) is 31.8 Å². The molecule has 1 N–H and O–H groups in total. The standard InChI is InChI=1S/C21H27N3O10/c1-4-18(26)32-11-16(12-33-19(27)15(2)3)34-21(29)23-8-10-31-20(28)17(24-14-25)7-5-6-9-30-13-22/h4,16-17H,1-2,5-12H2,3H3,(H,23,29). The molecular weight excluding hydrogens is 454 g/mol. The average molecular weight is 481 g/mol. The molecule has 0 aliphatic heterocycles. The van der Waals surface area contributed by atoms with E-state index in [0.29, 0.717) is 12.8 Å². The molecule has 0 heterocycles. The number of carbonyl (C=O) groups is 4. The van der Waals surface area contributed by atoms with Crippen molar-refractivity contribution < 1.29 is 47.7 Å². The minimum Gasteiger partial charge on any atom is -0.462 e. The molecule has 0 aliphatic carbocycles. The van der Waals surface area contributed by atoms with Crippen LogP contribution in [0.25, 0.3) is 0 Å². The van der Waals surface area contributed by atoms with Crippen molar-refractivity contribution in [1.82, 2.24) is 5.32 Å². The normalized spacial score (nSPS) is 11.3. The zero-order chi connectivity index (χ0) is 25.8. The number of nitrogens with one attached hydrogen (secondary N) is 1. The number of rotatable bonds is 17. The summed E-state index contributed by atoms with van der Waals surface area (Å²) in [4.78, 5) is 60.6. The number of nitrogens with zero attached hydrogens (tertiary/aromatic N) is 2. The van der Waals surface area contributed by atoms with Gasteiger partial charge in [0.2, 0.25) is 6.08 Å². The van der Waals surface area contributed by atoms with Gasteiger partial charge >= 0.3 is 24.0 Å². The largest absolute Gasteiger partial charge is 0.462 e. The van der Waals surface area contributed by atoms with Gasteiger partial charge in [0.05, 0.1) is 6.54 Å². The van der Waals surface area contributed by atoms with E-state index in [1.807, 2.05) is 0 Å². The number of hydrogen-bond acceptors (Lipinski definition) is 12. The lowest BCUT2D eigenvalue weighted by atomic mass is 10.1. The third-order valence-electron chi connectivity index (χ3n) is 3.74. The fourth-order valence-electron chi connectivity index (χ4n) is 2.09. The quantitative estimate of drug-likeness (QED) is 0.0591. The Hall–Kier alpha value is -4.17. The van der Waals surface area contributed by atoms with Crippen LogP contribution < -0.4 is 5.32 Å². The fourth-order valence-corrected chi connectivity index (χ4v) is 2.09. The summed E-state index contributed by atoms with van der Waals surface area (Å²) in [5, 5.41) is 10.6. The first-order chi connectivity index (χ1) is 16.2. The molecule has 2 unspecified atom stereocenters. The molecule has 0 aromatic heterocycles. The maximum atomic E-state index is 12.0. The second kappa shape index (κ2) is 18.4. The molecular formula is C21H27N3O10. The van der Waals surface area contributed by atoms with Gasteiger partial charge in [-0.1, -0.05) is 13.2 Å². The second-order valence-corrected chi connectivity index (χ2v) is 6.51. The first kappa shape index (κ1) is 29.8. The van der Waals surface area contributed by atoms with Crippen LogP contribution in [-0.4, -0.2) is 75.2 Å². The van der Waals surface area contributed by atoms with Crippen LogP contribution in [-0.2, 0) is 42.9 Å². The van der Waals surface area contributed by atoms with Crippen molar-refractivity contribution in [3.8, 4) is 6.26 Å². The maximum Gasteiger partial charge on any atom is 0.407 e. The maximum absolute atomic E-state index is 12.0. The zero-order valence-corrected chi connectivity index (χ0v) is 18.8. The van der Waals surface area contributed by atoms with Gasteiger partial charge in [-0.3, -0.25) is 0 Å². The SMILES string of the molecule is C=CC(=O)OCC(COC(=O)C(=C)C)OC(=O)NCCOC(=O)C(CCCCOC#N)N=C=O. The van der Waals surface area contributed by atoms with E-state index in [4.69, 9.17) is 24.2 Å². The molecule has 13 nitrogen and oxygen atoms in total. The van der Waals surface area contributed by atoms with Crippen LogP contribution >= 0.6 is 0 Å². The Bertz CT molecular complexity index is 814. The van der Waals surface area contributed by atoms with E-state index in [9.17, 15) is 24.0 Å². The Morgan fingerprint density at radius 3 is 2.44 bits per heavy atom. The van der Waals surface area contributed by atoms with E-state index >= 15 is 0 Å². The topological polar surface area (TPSA) is 180 Å². The molecule has 0 aromatic carbocycles. The van der Waals surface area contributed by atoms with Crippen molar-refractivity contribution in [3.63, 3.8) is 0 Å². The zero-order valence-electron chi connectivity index (χ0n) is 18.8. The Morgan fingerprint density at radius 2 is 1.82 bits per heavy atom. The van der Waals surface area contributed by atoms with E-state index in [0.717, 1.165) is 6.08 Å². The number of hydrogen-bond donors (Lipinski definition) is 1. The predicted octanol–water partition coefficient (Wildman–Crippen LogP) is 0.845. The van der Waals surface area contributed by atoms with Gasteiger partial charge in [-0.25, -0.2) is 24.0 Å². The Labute approximate surface area is 196 Å². The van der Waals surface area contributed by atoms with Gasteiger partial charge < -0.3 is 29.0 Å². The summed E-state index contributed by atoms with van der Waals surface area (Å²) in [5.41, 5.74) is 0.126. The number of nitriles is 1. The third-order valence-corrected chi connectivity index (χ3v) is 3.74. The van der Waals surface area contributed by atoms with Crippen molar-refractivity contribution in [3.05, 3.63) is 24.8 Å². The summed E-state index contributed by atoms with van der Waals surface area (Å²) < 4.78 is 24.2. The molecule has 2 atom stereocenters. The summed E-state index contributed by atoms with van der Waals surface area (Å²) in [5.74, 6) is -2.28. The number of esters is 3. The lowest BCUT2D eigenvalue weighted by molar-refractivity contribution is -0.147. The smallest absolute Gasteiger partial charge is 0.407 e. The molecule has 34 heavy (non-hydrogen) atoms. The minimum atomic E-state index is -1.12. The van der Waals surface area contributed by atoms with Gasteiger partial charge in [-0.05, 0) is 26.2 Å². The van der Waals surface area contributed by atoms with Gasteiger partial charge in [0.1, 0.15) is 26.4 Å². The van der Waals surface area contributed by atoms with Crippen molar-refractivity contribution >= 4 is 30.1 Å². The highest BCUT2D eigenvalue weighted by Crippen LogP contribution is 2.07. The van der Waals surface area contributed by atoms with Crippen LogP contribution in [0.15, 0.2) is 29.8 Å². The van der Waals surface area contributed by atoms with E-state index in [1.165, 1.54) is 19.3 Å². The first-order valence-electron chi connectivity index (χ1n) is 10.1. The van der Waals surface area contributed by atoms with E-state index in [1.54, 1.807) is 0 Å². The minimum absolute atomic E-state index is 0.126. The fraction of sp³-hybridized carbons (Fsp3) is 0.524. The van der Waals surface area contributed by atoms with Gasteiger partial charge in [-0.15, -0.1) is 0 Å². The van der Waals surface area contributed by atoms with Gasteiger partial charge in [-0.2, -0.15) is 10.3 Å². The molecule has 0 saturated carbocycles. The molecule has 0 aromatic rings. The molecule has 186 valence electrons. The molecule has 0 radical (unpaired) electrons. The highest BCUT2D eigenvalue weighted by atomic mass is 16.6. The molecule has 0 rings (SSSR count). The summed E-state index contributed by atoms with van der Waals surface area (Å²) in [6.07, 6.45) is 2.76. The Balaban J connectivity index is 4.50. The van der Waals surface area contributed by atoms with Crippen LogP contribution in [0.4, 0.5) is 4.79 Å². The van der Waals surface area contributed by atoms with Crippen LogP contribution in [0.1, 0.15) is 26.2 Å². The summed E-state index contributed by atoms with van der Waals surface area (Å²) in [6.45, 7) is 7.05. The van der Waals surface area contributed by atoms with Gasteiger partial charge in [0.15, 0.2) is 12.1 Å². The number of amides is 1. The molecule has 0 saturated heterocycles. The van der Waals surface area contributed by atoms with Crippen molar-refractivity contribution in [2.75, 3.05) is 33.0 Å². The molecule has 1 amide bonds. The molecule has 0 aliphatic rings. The molecule has 0 fully saturated rings. The van der Waals surface area contributed by atoms with Crippen LogP contribution in [0.5, 0.6) is 0 Å². The van der Waals surface area contributed by atoms with Crippen LogP contribution in [0, 0.1) is 11.5 Å². The average Bonchev–Trinajstić information content (AvgIpc) is 2.81. The third kappa shape index (κ3) is 14.8. The predicted molar refractivity (Wildman–Crippen MR) is 113 cm³/mol. The first-order valence-corrected chi connectivity index (χ1v) is 10.1. The van der Waals surface area contributed by atoms with Crippen LogP contribution in [0.3, 0.4) is 0 Å². The number of alkyl carbamates (subject to hydrolysis) is 1. The monoisotopic (exact) mass is 481 g/mol. The summed E-state index contributed by atoms with van der Waals surface area (Å²) >= 11 is 0. The van der Waals surface area contributed by atoms with Crippen molar-refractivity contribution in [1.29, 1.82) is 5.26 Å². The Morgan fingerprint density at radius 1 is 1.12 bits per heavy atom. The van der Waals surface area contributed by atoms with Crippen LogP contribution in [0.2, 0.25) is 0 Å². The summed E-state index contributed by atoms with van der Waals surface area (Å²) in [7, 11) is 0. The van der Waals surface area contributed by atoms with Crippen molar-refractivity contribution in [2.45, 2.75) is 38.3 Å². The highest BCUT2D eigenvalue weighted by molar-refractivity contribution is 5.87. The van der Waals surface area contributed by atoms with Gasteiger partial charge in [0.25, 0.3) is 6.26 Å². The lowest BCUT2D eigenvalue weighted by Gasteiger charge is -2.18. The second-order valence-electron chi connectivity index (χ2n) is 6.51. The number of isocyanates is 1. The lowest BCUT2D eigenvalue weighted by Crippen LogP contribution is -2.37. The van der Waals surface area contributed by atoms with E-state index in [2.05, 4.69) is 28.2 Å². The number of carbonyl (C=O) groups excluding carboxylic acids is 5. The number of unbranched alkanes of at least 4 members (excludes halogenated alkanes) is 1. The van der Waals surface area contributed by atoms with E-state index < -0.39 is 49.4 Å². The number of aliphatic imine (C=N–C) groups is 1. The highest BCUT2D eigenvalue weighted by Gasteiger charge is 2.21.